The van der Waals surface area contributed by atoms with Crippen LogP contribution >= 0.6 is 0 Å². The normalized spacial score (nSPS) is 16.0. The number of aliphatic carboxylic acids is 1. The van der Waals surface area contributed by atoms with Crippen LogP contribution in [0, 0.1) is 0 Å². The fourth-order valence-electron chi connectivity index (χ4n) is 2.95. The van der Waals surface area contributed by atoms with E-state index in [0.717, 1.165) is 20.0 Å². The molecule has 4 nitrogen and oxygen atoms in total. The summed E-state index contributed by atoms with van der Waals surface area (Å²) in [6, 6.07) is 0. The minimum absolute atomic E-state index is 0. The molecule has 1 fully saturated rings. The van der Waals surface area contributed by atoms with Gasteiger partial charge in [0.05, 0.1) is 12.7 Å². The largest absolute Gasteiger partial charge is 1.00 e. The van der Waals surface area contributed by atoms with Gasteiger partial charge >= 0.3 is 29.6 Å². The molecule has 1 aliphatic heterocycles. The summed E-state index contributed by atoms with van der Waals surface area (Å²) in [6.07, 6.45) is 21.2. The van der Waals surface area contributed by atoms with Crippen LogP contribution < -0.4 is 34.7 Å². The molecule has 1 atom stereocenters. The number of unbranched alkanes of at least 4 members (excludes halogenated alkanes) is 12. The Hall–Kier alpha value is 0.390. The Bertz CT molecular complexity index is 264. The molecular formula is C20H39NaO4. The minimum Gasteiger partial charge on any atom is -0.550 e. The fourth-order valence-corrected chi connectivity index (χ4v) is 2.95. The molecule has 1 rings (SSSR count). The van der Waals surface area contributed by atoms with Gasteiger partial charge in [-0.3, -0.25) is 0 Å². The third-order valence-electron chi connectivity index (χ3n) is 4.36. The summed E-state index contributed by atoms with van der Waals surface area (Å²) in [4.78, 5) is 19.0. The molecular weight excluding hydrogens is 327 g/mol. The Morgan fingerprint density at radius 1 is 0.880 bits per heavy atom. The SMILES string of the molecule is CC(=O)[O-].CCCCCCCCCCCCCCCC1CCOO1.[Na+]. The Balaban J connectivity index is 0. The number of carbonyl (C=O) groups excluding carboxylic acids is 1. The standard InChI is InChI=1S/C18H36O2.C2H4O2.Na/c1-2-3-4-5-6-7-8-9-10-11-12-13-14-15-18-16-17-19-20-18;1-2(3)4;/h18H,2-17H2,1H3;1H3,(H,3,4);/q;;+1/p-1. The van der Waals surface area contributed by atoms with Gasteiger partial charge in [-0.15, -0.1) is 0 Å². The molecule has 0 radical (unpaired) electrons. The van der Waals surface area contributed by atoms with Crippen molar-refractivity contribution in [3.8, 4) is 0 Å². The van der Waals surface area contributed by atoms with Crippen LogP contribution in [0.2, 0.25) is 0 Å². The van der Waals surface area contributed by atoms with Crippen molar-refractivity contribution in [3.63, 3.8) is 0 Å². The maximum absolute atomic E-state index is 8.89. The van der Waals surface area contributed by atoms with E-state index in [-0.39, 0.29) is 29.6 Å². The molecule has 0 spiro atoms. The number of carbonyl (C=O) groups is 1. The molecule has 1 saturated heterocycles. The van der Waals surface area contributed by atoms with E-state index in [4.69, 9.17) is 19.7 Å². The first kappa shape index (κ1) is 27.6. The molecule has 0 aliphatic carbocycles. The van der Waals surface area contributed by atoms with Crippen molar-refractivity contribution >= 4 is 5.97 Å². The van der Waals surface area contributed by atoms with Crippen molar-refractivity contribution in [2.75, 3.05) is 6.61 Å². The molecule has 0 aromatic heterocycles. The topological polar surface area (TPSA) is 58.6 Å². The Morgan fingerprint density at radius 3 is 1.64 bits per heavy atom. The van der Waals surface area contributed by atoms with Gasteiger partial charge in [0, 0.05) is 12.4 Å². The second-order valence-electron chi connectivity index (χ2n) is 6.85. The summed E-state index contributed by atoms with van der Waals surface area (Å²) < 4.78 is 0. The number of hydrogen-bond acceptors (Lipinski definition) is 4. The molecule has 25 heavy (non-hydrogen) atoms. The third-order valence-corrected chi connectivity index (χ3v) is 4.36. The van der Waals surface area contributed by atoms with Crippen molar-refractivity contribution in [2.24, 2.45) is 0 Å². The first-order valence-electron chi connectivity index (χ1n) is 10.1. The molecule has 1 heterocycles. The van der Waals surface area contributed by atoms with Crippen molar-refractivity contribution in [2.45, 2.75) is 116 Å². The van der Waals surface area contributed by atoms with Crippen LogP contribution in [-0.2, 0) is 14.6 Å². The minimum atomic E-state index is -1.08. The number of carboxylic acids is 1. The van der Waals surface area contributed by atoms with E-state index in [1.807, 2.05) is 0 Å². The van der Waals surface area contributed by atoms with Gasteiger partial charge in [0.2, 0.25) is 0 Å². The summed E-state index contributed by atoms with van der Waals surface area (Å²) in [6.45, 7) is 4.05. The van der Waals surface area contributed by atoms with Crippen LogP contribution in [0.4, 0.5) is 0 Å². The van der Waals surface area contributed by atoms with E-state index in [1.165, 1.54) is 89.9 Å². The van der Waals surface area contributed by atoms with Crippen molar-refractivity contribution in [1.29, 1.82) is 0 Å². The van der Waals surface area contributed by atoms with E-state index in [9.17, 15) is 0 Å². The van der Waals surface area contributed by atoms with E-state index >= 15 is 0 Å². The van der Waals surface area contributed by atoms with E-state index < -0.39 is 5.97 Å². The Labute approximate surface area is 177 Å². The summed E-state index contributed by atoms with van der Waals surface area (Å²) in [5.41, 5.74) is 0. The predicted octanol–water partition coefficient (Wildman–Crippen LogP) is 1.95. The van der Waals surface area contributed by atoms with Gasteiger partial charge in [0.15, 0.2) is 0 Å². The third kappa shape index (κ3) is 24.4. The zero-order valence-electron chi connectivity index (χ0n) is 17.0. The van der Waals surface area contributed by atoms with Crippen molar-refractivity contribution in [3.05, 3.63) is 0 Å². The van der Waals surface area contributed by atoms with Gasteiger partial charge in [-0.25, -0.2) is 9.78 Å². The summed E-state index contributed by atoms with van der Waals surface area (Å²) in [7, 11) is 0. The first-order chi connectivity index (χ1) is 11.7. The number of hydrogen-bond donors (Lipinski definition) is 0. The van der Waals surface area contributed by atoms with E-state index in [0.29, 0.717) is 6.10 Å². The average Bonchev–Trinajstić information content (AvgIpc) is 3.05. The molecule has 144 valence electrons. The zero-order valence-corrected chi connectivity index (χ0v) is 19.0. The Morgan fingerprint density at radius 2 is 1.28 bits per heavy atom. The van der Waals surface area contributed by atoms with Gasteiger partial charge in [-0.05, 0) is 13.3 Å². The predicted molar refractivity (Wildman–Crippen MR) is 96.4 cm³/mol. The second kappa shape index (κ2) is 22.4. The molecule has 0 aromatic rings. The second-order valence-corrected chi connectivity index (χ2v) is 6.85. The molecule has 0 bridgehead atoms. The van der Waals surface area contributed by atoms with Crippen LogP contribution in [0.25, 0.3) is 0 Å². The van der Waals surface area contributed by atoms with Crippen LogP contribution in [0.1, 0.15) is 110 Å². The Kier molecular flexibility index (Phi) is 24.8. The number of rotatable bonds is 14. The molecule has 0 saturated carbocycles. The maximum Gasteiger partial charge on any atom is 1.00 e. The van der Waals surface area contributed by atoms with Gasteiger partial charge < -0.3 is 9.90 Å². The van der Waals surface area contributed by atoms with Gasteiger partial charge in [0.1, 0.15) is 0 Å². The number of carboxylic acid groups (broad SMARTS) is 1. The molecule has 1 aliphatic rings. The fraction of sp³-hybridized carbons (Fsp3) is 0.950. The van der Waals surface area contributed by atoms with Crippen LogP contribution in [0.3, 0.4) is 0 Å². The summed E-state index contributed by atoms with van der Waals surface area (Å²) in [5, 5.41) is 8.89. The van der Waals surface area contributed by atoms with Crippen LogP contribution in [-0.4, -0.2) is 18.7 Å². The van der Waals surface area contributed by atoms with Gasteiger partial charge in [-0.1, -0.05) is 90.4 Å². The van der Waals surface area contributed by atoms with E-state index in [1.54, 1.807) is 0 Å². The van der Waals surface area contributed by atoms with Crippen LogP contribution in [0.15, 0.2) is 0 Å². The first-order valence-corrected chi connectivity index (χ1v) is 10.1. The van der Waals surface area contributed by atoms with Crippen molar-refractivity contribution in [1.82, 2.24) is 0 Å². The monoisotopic (exact) mass is 366 g/mol. The molecule has 0 N–H and O–H groups in total. The average molecular weight is 367 g/mol. The van der Waals surface area contributed by atoms with Gasteiger partial charge in [-0.2, -0.15) is 0 Å². The smallest absolute Gasteiger partial charge is 0.550 e. The molecule has 1 unspecified atom stereocenters. The molecule has 0 amide bonds. The summed E-state index contributed by atoms with van der Waals surface area (Å²) >= 11 is 0. The van der Waals surface area contributed by atoms with Crippen molar-refractivity contribution < 1.29 is 49.2 Å². The zero-order chi connectivity index (χ0) is 17.9. The van der Waals surface area contributed by atoms with Crippen LogP contribution in [0.5, 0.6) is 0 Å². The molecule has 5 heteroatoms. The quantitative estimate of drug-likeness (QED) is 0.268. The van der Waals surface area contributed by atoms with E-state index in [2.05, 4.69) is 6.92 Å². The summed E-state index contributed by atoms with van der Waals surface area (Å²) in [5.74, 6) is -1.08. The van der Waals surface area contributed by atoms with Gasteiger partial charge in [0.25, 0.3) is 0 Å². The molecule has 0 aromatic carbocycles. The maximum atomic E-state index is 8.89.